The van der Waals surface area contributed by atoms with Crippen LogP contribution in [-0.4, -0.2) is 47.4 Å². The van der Waals surface area contributed by atoms with E-state index < -0.39 is 12.1 Å². The van der Waals surface area contributed by atoms with Crippen LogP contribution in [0.3, 0.4) is 0 Å². The number of unbranched alkanes of at least 4 members (excludes halogenated alkanes) is 28. The molecule has 0 aromatic carbocycles. The summed E-state index contributed by atoms with van der Waals surface area (Å²) in [5.74, 6) is -0.102. The van der Waals surface area contributed by atoms with Crippen LogP contribution in [0.5, 0.6) is 0 Å². The summed E-state index contributed by atoms with van der Waals surface area (Å²) >= 11 is 0. The maximum Gasteiger partial charge on any atom is 0.305 e. The van der Waals surface area contributed by atoms with E-state index in [0.29, 0.717) is 19.4 Å². The molecule has 0 radical (unpaired) electrons. The van der Waals surface area contributed by atoms with Gasteiger partial charge >= 0.3 is 5.97 Å². The van der Waals surface area contributed by atoms with Gasteiger partial charge in [-0.2, -0.15) is 0 Å². The van der Waals surface area contributed by atoms with Crippen LogP contribution in [0.1, 0.15) is 239 Å². The molecule has 0 aromatic rings. The highest BCUT2D eigenvalue weighted by molar-refractivity contribution is 5.76. The minimum atomic E-state index is -0.850. The third kappa shape index (κ3) is 41.5. The Kier molecular flexibility index (Phi) is 43.2. The summed E-state index contributed by atoms with van der Waals surface area (Å²) in [5.41, 5.74) is 0. The molecule has 0 saturated heterocycles. The maximum atomic E-state index is 12.4. The quantitative estimate of drug-likeness (QED) is 0.0326. The second kappa shape index (κ2) is 44.8. The molecule has 0 aliphatic carbocycles. The van der Waals surface area contributed by atoms with E-state index >= 15 is 0 Å². The second-order valence-electron chi connectivity index (χ2n) is 16.1. The van der Waals surface area contributed by atoms with Gasteiger partial charge in [-0.25, -0.2) is 0 Å². The Balaban J connectivity index is 3.48. The van der Waals surface area contributed by atoms with Crippen molar-refractivity contribution in [1.29, 1.82) is 0 Å². The third-order valence-electron chi connectivity index (χ3n) is 10.6. The van der Waals surface area contributed by atoms with Crippen molar-refractivity contribution >= 4 is 11.9 Å². The molecule has 0 bridgehead atoms. The zero-order valence-electron chi connectivity index (χ0n) is 36.4. The number of esters is 1. The van der Waals surface area contributed by atoms with E-state index in [9.17, 15) is 19.8 Å². The number of allylic oxidation sites excluding steroid dienone is 5. The first-order chi connectivity index (χ1) is 27.0. The average molecular weight is 774 g/mol. The van der Waals surface area contributed by atoms with Crippen LogP contribution in [0.4, 0.5) is 0 Å². The number of aliphatic hydroxyl groups is 2. The van der Waals surface area contributed by atoms with Gasteiger partial charge in [0, 0.05) is 12.8 Å². The van der Waals surface area contributed by atoms with Gasteiger partial charge in [0.05, 0.1) is 25.4 Å². The van der Waals surface area contributed by atoms with Gasteiger partial charge in [-0.3, -0.25) is 9.59 Å². The van der Waals surface area contributed by atoms with Crippen molar-refractivity contribution in [1.82, 2.24) is 5.32 Å². The van der Waals surface area contributed by atoms with Crippen molar-refractivity contribution in [3.8, 4) is 0 Å². The zero-order valence-corrected chi connectivity index (χ0v) is 36.4. The number of nitrogens with one attached hydrogen (secondary N) is 1. The Morgan fingerprint density at radius 3 is 1.45 bits per heavy atom. The molecule has 2 atom stereocenters. The molecule has 2 unspecified atom stereocenters. The Hall–Kier alpha value is -1.92. The molecule has 0 spiro atoms. The number of aliphatic hydroxyl groups excluding tert-OH is 2. The predicted molar refractivity (Wildman–Crippen MR) is 236 cm³/mol. The lowest BCUT2D eigenvalue weighted by Gasteiger charge is -2.20. The van der Waals surface area contributed by atoms with E-state index in [1.807, 2.05) is 6.08 Å². The number of hydrogen-bond donors (Lipinski definition) is 3. The van der Waals surface area contributed by atoms with Crippen molar-refractivity contribution in [2.24, 2.45) is 0 Å². The highest BCUT2D eigenvalue weighted by atomic mass is 16.5. The van der Waals surface area contributed by atoms with E-state index in [-0.39, 0.29) is 18.5 Å². The molecule has 322 valence electrons. The summed E-state index contributed by atoms with van der Waals surface area (Å²) in [6, 6.07) is -0.635. The Morgan fingerprint density at radius 1 is 0.509 bits per heavy atom. The highest BCUT2D eigenvalue weighted by Gasteiger charge is 2.18. The fourth-order valence-corrected chi connectivity index (χ4v) is 6.96. The fraction of sp³-hybridized carbons (Fsp3) is 0.837. The summed E-state index contributed by atoms with van der Waals surface area (Å²) < 4.78 is 5.44. The minimum Gasteiger partial charge on any atom is -0.466 e. The summed E-state index contributed by atoms with van der Waals surface area (Å²) in [7, 11) is 0. The van der Waals surface area contributed by atoms with Gasteiger partial charge in [0.1, 0.15) is 0 Å². The minimum absolute atomic E-state index is 0.0199. The standard InChI is InChI=1S/C49H91NO5/c1-3-5-7-9-11-13-15-18-23-27-31-35-39-43-49(54)55-44-40-36-32-28-24-20-17-16-19-22-26-30-34-38-42-48(53)50-46(45-51)47(52)41-37-33-29-25-21-14-12-10-8-6-4-2/h7,9,13,15,37,41,46-47,51-52H,3-6,8,10-12,14,16-36,38-40,42-45H2,1-2H3,(H,50,53)/b9-7-,15-13-,41-37+. The summed E-state index contributed by atoms with van der Waals surface area (Å²) in [6.07, 6.45) is 52.7. The first-order valence-corrected chi connectivity index (χ1v) is 23.8. The van der Waals surface area contributed by atoms with Gasteiger partial charge in [-0.1, -0.05) is 204 Å². The van der Waals surface area contributed by atoms with Gasteiger partial charge in [-0.15, -0.1) is 0 Å². The molecular formula is C49H91NO5. The third-order valence-corrected chi connectivity index (χ3v) is 10.6. The van der Waals surface area contributed by atoms with E-state index in [2.05, 4.69) is 43.5 Å². The average Bonchev–Trinajstić information content (AvgIpc) is 3.18. The molecule has 6 heteroatoms. The first-order valence-electron chi connectivity index (χ1n) is 23.8. The van der Waals surface area contributed by atoms with Gasteiger partial charge in [-0.05, 0) is 57.8 Å². The molecule has 0 aliphatic rings. The monoisotopic (exact) mass is 774 g/mol. The zero-order chi connectivity index (χ0) is 40.1. The lowest BCUT2D eigenvalue weighted by molar-refractivity contribution is -0.143. The van der Waals surface area contributed by atoms with Crippen LogP contribution in [0.15, 0.2) is 36.5 Å². The van der Waals surface area contributed by atoms with E-state index in [1.54, 1.807) is 6.08 Å². The van der Waals surface area contributed by atoms with E-state index in [1.165, 1.54) is 141 Å². The molecule has 0 fully saturated rings. The number of carbonyl (C=O) groups is 2. The smallest absolute Gasteiger partial charge is 0.305 e. The summed E-state index contributed by atoms with van der Waals surface area (Å²) in [5, 5.41) is 22.9. The van der Waals surface area contributed by atoms with Gasteiger partial charge in [0.25, 0.3) is 0 Å². The predicted octanol–water partition coefficient (Wildman–Crippen LogP) is 13.7. The molecule has 0 saturated carbocycles. The SMILES string of the molecule is CCC/C=C\C/C=C\CCCCCCCC(=O)OCCCCCCCCCCCCCCCCC(=O)NC(CO)C(O)/C=C/CCCCCCCCCCC. The largest absolute Gasteiger partial charge is 0.466 e. The Morgan fingerprint density at radius 2 is 0.945 bits per heavy atom. The van der Waals surface area contributed by atoms with Gasteiger partial charge in [0.15, 0.2) is 0 Å². The number of hydrogen-bond acceptors (Lipinski definition) is 5. The van der Waals surface area contributed by atoms with E-state index in [0.717, 1.165) is 70.6 Å². The molecule has 0 rings (SSSR count). The lowest BCUT2D eigenvalue weighted by Crippen LogP contribution is -2.45. The maximum absolute atomic E-state index is 12.4. The summed E-state index contributed by atoms with van der Waals surface area (Å²) in [4.78, 5) is 24.4. The van der Waals surface area contributed by atoms with Crippen LogP contribution in [0.25, 0.3) is 0 Å². The number of rotatable bonds is 43. The first kappa shape index (κ1) is 53.1. The topological polar surface area (TPSA) is 95.9 Å². The molecule has 0 aromatic heterocycles. The highest BCUT2D eigenvalue weighted by Crippen LogP contribution is 2.15. The number of carbonyl (C=O) groups excluding carboxylic acids is 2. The lowest BCUT2D eigenvalue weighted by atomic mass is 10.0. The van der Waals surface area contributed by atoms with Crippen LogP contribution in [0, 0.1) is 0 Å². The molecule has 1 amide bonds. The molecular weight excluding hydrogens is 683 g/mol. The number of ether oxygens (including phenoxy) is 1. The fourth-order valence-electron chi connectivity index (χ4n) is 6.96. The van der Waals surface area contributed by atoms with Crippen LogP contribution in [0.2, 0.25) is 0 Å². The van der Waals surface area contributed by atoms with Crippen LogP contribution in [-0.2, 0) is 14.3 Å². The summed E-state index contributed by atoms with van der Waals surface area (Å²) in [6.45, 7) is 4.78. The van der Waals surface area contributed by atoms with Crippen LogP contribution < -0.4 is 5.32 Å². The molecule has 0 aliphatic heterocycles. The Labute approximate surface area is 341 Å². The molecule has 0 heterocycles. The number of amides is 1. The Bertz CT molecular complexity index is 900. The van der Waals surface area contributed by atoms with Crippen LogP contribution >= 0.6 is 0 Å². The molecule has 6 nitrogen and oxygen atoms in total. The van der Waals surface area contributed by atoms with Gasteiger partial charge < -0.3 is 20.3 Å². The van der Waals surface area contributed by atoms with Crippen molar-refractivity contribution in [2.75, 3.05) is 13.2 Å². The normalized spacial score (nSPS) is 13.0. The van der Waals surface area contributed by atoms with Crippen molar-refractivity contribution < 1.29 is 24.5 Å². The van der Waals surface area contributed by atoms with Crippen molar-refractivity contribution in [3.63, 3.8) is 0 Å². The molecule has 3 N–H and O–H groups in total. The van der Waals surface area contributed by atoms with E-state index in [4.69, 9.17) is 4.74 Å². The second-order valence-corrected chi connectivity index (χ2v) is 16.1. The molecule has 55 heavy (non-hydrogen) atoms. The van der Waals surface area contributed by atoms with Crippen molar-refractivity contribution in [3.05, 3.63) is 36.5 Å². The van der Waals surface area contributed by atoms with Crippen molar-refractivity contribution in [2.45, 2.75) is 251 Å². The van der Waals surface area contributed by atoms with Gasteiger partial charge in [0.2, 0.25) is 5.91 Å².